The lowest BCUT2D eigenvalue weighted by Gasteiger charge is -2.31. The monoisotopic (exact) mass is 251 g/mol. The number of hydrogen-bond donors (Lipinski definition) is 0. The van der Waals surface area contributed by atoms with Gasteiger partial charge in [0, 0.05) is 30.2 Å². The van der Waals surface area contributed by atoms with Gasteiger partial charge in [-0.15, -0.1) is 11.6 Å². The lowest BCUT2D eigenvalue weighted by atomic mass is 10.0. The van der Waals surface area contributed by atoms with Gasteiger partial charge in [0.05, 0.1) is 7.11 Å². The first-order valence-electron chi connectivity index (χ1n) is 5.97. The zero-order valence-electron chi connectivity index (χ0n) is 10.4. The summed E-state index contributed by atoms with van der Waals surface area (Å²) in [5, 5.41) is 0. The highest BCUT2D eigenvalue weighted by atomic mass is 35.5. The van der Waals surface area contributed by atoms with Crippen LogP contribution in [-0.2, 0) is 0 Å². The van der Waals surface area contributed by atoms with E-state index >= 15 is 0 Å². The Kier molecular flexibility index (Phi) is 3.95. The van der Waals surface area contributed by atoms with Crippen LogP contribution in [0.4, 0.5) is 5.69 Å². The third-order valence-electron chi connectivity index (χ3n) is 2.99. The Labute approximate surface area is 108 Å². The van der Waals surface area contributed by atoms with Crippen molar-refractivity contribution in [3.05, 3.63) is 29.3 Å². The van der Waals surface area contributed by atoms with E-state index in [0.717, 1.165) is 25.3 Å². The second-order valence-corrected chi connectivity index (χ2v) is 4.55. The molecular formula is C14H18ClNO. The molecule has 0 saturated heterocycles. The SMILES string of the molecule is CCCN1CC(CCl)=Cc2cc(OC)ccc21. The first kappa shape index (κ1) is 12.3. The Morgan fingerprint density at radius 3 is 2.88 bits per heavy atom. The molecule has 0 spiro atoms. The number of hydrogen-bond acceptors (Lipinski definition) is 2. The van der Waals surface area contributed by atoms with E-state index in [1.807, 2.05) is 6.07 Å². The van der Waals surface area contributed by atoms with Crippen LogP contribution in [0.1, 0.15) is 18.9 Å². The van der Waals surface area contributed by atoms with Crippen LogP contribution in [0.15, 0.2) is 23.8 Å². The van der Waals surface area contributed by atoms with Crippen LogP contribution in [0.3, 0.4) is 0 Å². The van der Waals surface area contributed by atoms with Gasteiger partial charge >= 0.3 is 0 Å². The molecule has 17 heavy (non-hydrogen) atoms. The van der Waals surface area contributed by atoms with Gasteiger partial charge in [-0.3, -0.25) is 0 Å². The fraction of sp³-hybridized carbons (Fsp3) is 0.429. The minimum atomic E-state index is 0.594. The van der Waals surface area contributed by atoms with E-state index in [9.17, 15) is 0 Å². The summed E-state index contributed by atoms with van der Waals surface area (Å²) in [6.45, 7) is 4.20. The minimum Gasteiger partial charge on any atom is -0.497 e. The minimum absolute atomic E-state index is 0.594. The summed E-state index contributed by atoms with van der Waals surface area (Å²) in [7, 11) is 1.69. The molecule has 1 heterocycles. The molecule has 1 aromatic carbocycles. The molecule has 0 N–H and O–H groups in total. The number of ether oxygens (including phenoxy) is 1. The van der Waals surface area contributed by atoms with Crippen molar-refractivity contribution in [1.29, 1.82) is 0 Å². The smallest absolute Gasteiger partial charge is 0.119 e. The van der Waals surface area contributed by atoms with E-state index in [1.165, 1.54) is 16.8 Å². The zero-order valence-corrected chi connectivity index (χ0v) is 11.1. The predicted octanol–water partition coefficient (Wildman–Crippen LogP) is 3.55. The molecule has 2 nitrogen and oxygen atoms in total. The van der Waals surface area contributed by atoms with E-state index in [2.05, 4.69) is 30.0 Å². The van der Waals surface area contributed by atoms with Crippen molar-refractivity contribution >= 4 is 23.4 Å². The number of anilines is 1. The molecule has 92 valence electrons. The van der Waals surface area contributed by atoms with E-state index in [-0.39, 0.29) is 0 Å². The van der Waals surface area contributed by atoms with Gasteiger partial charge in [-0.25, -0.2) is 0 Å². The highest BCUT2D eigenvalue weighted by molar-refractivity contribution is 6.20. The molecule has 0 bridgehead atoms. The molecule has 0 unspecified atom stereocenters. The van der Waals surface area contributed by atoms with E-state index in [1.54, 1.807) is 7.11 Å². The molecule has 0 amide bonds. The van der Waals surface area contributed by atoms with Gasteiger partial charge in [0.1, 0.15) is 5.75 Å². The topological polar surface area (TPSA) is 12.5 Å². The summed E-state index contributed by atoms with van der Waals surface area (Å²) in [5.41, 5.74) is 3.75. The second kappa shape index (κ2) is 5.46. The number of fused-ring (bicyclic) bond motifs is 1. The normalized spacial score (nSPS) is 14.3. The third kappa shape index (κ3) is 2.58. The van der Waals surface area contributed by atoms with Crippen LogP contribution in [0.5, 0.6) is 5.75 Å². The average molecular weight is 252 g/mol. The Morgan fingerprint density at radius 2 is 2.24 bits per heavy atom. The first-order valence-corrected chi connectivity index (χ1v) is 6.50. The number of rotatable bonds is 4. The van der Waals surface area contributed by atoms with Crippen LogP contribution in [0.2, 0.25) is 0 Å². The molecule has 0 aliphatic carbocycles. The van der Waals surface area contributed by atoms with Gasteiger partial charge in [-0.1, -0.05) is 13.0 Å². The maximum atomic E-state index is 5.96. The average Bonchev–Trinajstić information content (AvgIpc) is 2.38. The molecule has 1 aliphatic heterocycles. The van der Waals surface area contributed by atoms with Crippen molar-refractivity contribution in [2.45, 2.75) is 13.3 Å². The maximum Gasteiger partial charge on any atom is 0.119 e. The van der Waals surface area contributed by atoms with Crippen molar-refractivity contribution in [2.24, 2.45) is 0 Å². The Morgan fingerprint density at radius 1 is 1.41 bits per heavy atom. The highest BCUT2D eigenvalue weighted by Gasteiger charge is 2.17. The molecule has 1 aromatic rings. The summed E-state index contributed by atoms with van der Waals surface area (Å²) < 4.78 is 5.26. The number of methoxy groups -OCH3 is 1. The summed E-state index contributed by atoms with van der Waals surface area (Å²) in [6.07, 6.45) is 3.32. The molecule has 1 aliphatic rings. The van der Waals surface area contributed by atoms with Crippen LogP contribution in [0, 0.1) is 0 Å². The molecule has 0 radical (unpaired) electrons. The quantitative estimate of drug-likeness (QED) is 0.759. The summed E-state index contributed by atoms with van der Waals surface area (Å²) in [4.78, 5) is 2.38. The fourth-order valence-corrected chi connectivity index (χ4v) is 2.37. The molecule has 0 fully saturated rings. The van der Waals surface area contributed by atoms with Crippen LogP contribution in [-0.4, -0.2) is 26.1 Å². The standard InChI is InChI=1S/C14H18ClNO/c1-3-6-16-10-11(9-15)7-12-8-13(17-2)4-5-14(12)16/h4-5,7-8H,3,6,9-10H2,1-2H3. The molecule has 0 atom stereocenters. The van der Waals surface area contributed by atoms with Crippen LogP contribution in [0.25, 0.3) is 6.08 Å². The van der Waals surface area contributed by atoms with Crippen LogP contribution < -0.4 is 9.64 Å². The van der Waals surface area contributed by atoms with Gasteiger partial charge in [-0.05, 0) is 30.2 Å². The highest BCUT2D eigenvalue weighted by Crippen LogP contribution is 2.32. The molecule has 2 rings (SSSR count). The number of nitrogens with zero attached hydrogens (tertiary/aromatic N) is 1. The molecular weight excluding hydrogens is 234 g/mol. The van der Waals surface area contributed by atoms with Crippen molar-refractivity contribution in [1.82, 2.24) is 0 Å². The number of benzene rings is 1. The third-order valence-corrected chi connectivity index (χ3v) is 3.34. The van der Waals surface area contributed by atoms with E-state index in [4.69, 9.17) is 16.3 Å². The molecule has 0 saturated carbocycles. The molecule has 0 aromatic heterocycles. The van der Waals surface area contributed by atoms with Crippen molar-refractivity contribution in [3.8, 4) is 5.75 Å². The lowest BCUT2D eigenvalue weighted by molar-refractivity contribution is 0.414. The fourth-order valence-electron chi connectivity index (χ4n) is 2.21. The van der Waals surface area contributed by atoms with Gasteiger partial charge in [-0.2, -0.15) is 0 Å². The Bertz CT molecular complexity index is 428. The van der Waals surface area contributed by atoms with Gasteiger partial charge in [0.15, 0.2) is 0 Å². The first-order chi connectivity index (χ1) is 8.28. The largest absolute Gasteiger partial charge is 0.497 e. The number of alkyl halides is 1. The second-order valence-electron chi connectivity index (χ2n) is 4.28. The summed E-state index contributed by atoms with van der Waals surface area (Å²) in [6, 6.07) is 6.22. The Hall–Kier alpha value is -1.15. The van der Waals surface area contributed by atoms with Crippen molar-refractivity contribution < 1.29 is 4.74 Å². The number of halogens is 1. The lowest BCUT2D eigenvalue weighted by Crippen LogP contribution is -2.29. The Balaban J connectivity index is 2.39. The van der Waals surface area contributed by atoms with E-state index < -0.39 is 0 Å². The van der Waals surface area contributed by atoms with Crippen molar-refractivity contribution in [3.63, 3.8) is 0 Å². The zero-order chi connectivity index (χ0) is 12.3. The summed E-state index contributed by atoms with van der Waals surface area (Å²) >= 11 is 5.96. The van der Waals surface area contributed by atoms with Crippen molar-refractivity contribution in [2.75, 3.05) is 31.0 Å². The van der Waals surface area contributed by atoms with Gasteiger partial charge in [0.25, 0.3) is 0 Å². The predicted molar refractivity (Wildman–Crippen MR) is 74.2 cm³/mol. The maximum absolute atomic E-state index is 5.96. The van der Waals surface area contributed by atoms with Gasteiger partial charge in [0.2, 0.25) is 0 Å². The van der Waals surface area contributed by atoms with Crippen LogP contribution >= 0.6 is 11.6 Å². The van der Waals surface area contributed by atoms with Gasteiger partial charge < -0.3 is 9.64 Å². The summed E-state index contributed by atoms with van der Waals surface area (Å²) in [5.74, 6) is 1.49. The van der Waals surface area contributed by atoms with E-state index in [0.29, 0.717) is 5.88 Å². The molecule has 3 heteroatoms.